The summed E-state index contributed by atoms with van der Waals surface area (Å²) in [6.45, 7) is 8.64. The molecule has 2 fully saturated rings. The van der Waals surface area contributed by atoms with E-state index in [-0.39, 0.29) is 17.7 Å². The number of ether oxygens (including phenoxy) is 1. The SMILES string of the molecule is CC1CC1C(=O)NCCC(=O)NCC(C)N1CCOCC1. The Morgan fingerprint density at radius 3 is 2.57 bits per heavy atom. The van der Waals surface area contributed by atoms with Crippen molar-refractivity contribution in [1.29, 1.82) is 0 Å². The molecule has 0 aromatic carbocycles. The number of carbonyl (C=O) groups is 2. The summed E-state index contributed by atoms with van der Waals surface area (Å²) in [6.07, 6.45) is 1.33. The Morgan fingerprint density at radius 2 is 1.95 bits per heavy atom. The normalized spacial score (nSPS) is 27.0. The minimum absolute atomic E-state index is 0.000690. The Morgan fingerprint density at radius 1 is 1.29 bits per heavy atom. The standard InChI is InChI=1S/C15H27N3O3/c1-11-9-13(11)15(20)16-4-3-14(19)17-10-12(2)18-5-7-21-8-6-18/h11-13H,3-10H2,1-2H3,(H,16,20)(H,17,19). The van der Waals surface area contributed by atoms with Crippen molar-refractivity contribution in [3.05, 3.63) is 0 Å². The van der Waals surface area contributed by atoms with E-state index in [9.17, 15) is 9.59 Å². The van der Waals surface area contributed by atoms with Crippen molar-refractivity contribution in [2.75, 3.05) is 39.4 Å². The number of hydrogen-bond donors (Lipinski definition) is 2. The van der Waals surface area contributed by atoms with E-state index in [0.29, 0.717) is 31.5 Å². The van der Waals surface area contributed by atoms with Gasteiger partial charge in [0.15, 0.2) is 0 Å². The van der Waals surface area contributed by atoms with Crippen LogP contribution >= 0.6 is 0 Å². The van der Waals surface area contributed by atoms with E-state index in [4.69, 9.17) is 4.74 Å². The quantitative estimate of drug-likeness (QED) is 0.693. The zero-order valence-corrected chi connectivity index (χ0v) is 13.1. The molecule has 1 saturated carbocycles. The third-order valence-electron chi connectivity index (χ3n) is 4.36. The second-order valence-corrected chi connectivity index (χ2v) is 6.16. The molecule has 3 unspecified atom stereocenters. The van der Waals surface area contributed by atoms with Gasteiger partial charge in [0.05, 0.1) is 13.2 Å². The van der Waals surface area contributed by atoms with Gasteiger partial charge in [-0.2, -0.15) is 0 Å². The van der Waals surface area contributed by atoms with E-state index < -0.39 is 0 Å². The molecule has 0 radical (unpaired) electrons. The van der Waals surface area contributed by atoms with Crippen LogP contribution in [-0.2, 0) is 14.3 Å². The predicted octanol–water partition coefficient (Wildman–Crippen LogP) is -0.0144. The summed E-state index contributed by atoms with van der Waals surface area (Å²) in [6, 6.07) is 0.319. The fourth-order valence-corrected chi connectivity index (χ4v) is 2.62. The highest BCUT2D eigenvalue weighted by molar-refractivity contribution is 5.82. The number of nitrogens with one attached hydrogen (secondary N) is 2. The van der Waals surface area contributed by atoms with Gasteiger partial charge >= 0.3 is 0 Å². The average Bonchev–Trinajstić information content (AvgIpc) is 3.22. The van der Waals surface area contributed by atoms with Crippen LogP contribution in [0.2, 0.25) is 0 Å². The fraction of sp³-hybridized carbons (Fsp3) is 0.867. The predicted molar refractivity (Wildman–Crippen MR) is 79.8 cm³/mol. The van der Waals surface area contributed by atoms with Crippen molar-refractivity contribution in [2.24, 2.45) is 11.8 Å². The van der Waals surface area contributed by atoms with Crippen molar-refractivity contribution >= 4 is 11.8 Å². The highest BCUT2D eigenvalue weighted by atomic mass is 16.5. The van der Waals surface area contributed by atoms with Crippen molar-refractivity contribution in [2.45, 2.75) is 32.7 Å². The summed E-state index contributed by atoms with van der Waals surface area (Å²) < 4.78 is 5.31. The van der Waals surface area contributed by atoms with Crippen molar-refractivity contribution in [3.8, 4) is 0 Å². The highest BCUT2D eigenvalue weighted by Gasteiger charge is 2.38. The van der Waals surface area contributed by atoms with E-state index in [2.05, 4.69) is 29.4 Å². The molecule has 21 heavy (non-hydrogen) atoms. The topological polar surface area (TPSA) is 70.7 Å². The summed E-state index contributed by atoms with van der Waals surface area (Å²) in [5.74, 6) is 0.777. The van der Waals surface area contributed by atoms with Crippen LogP contribution in [0.4, 0.5) is 0 Å². The highest BCUT2D eigenvalue weighted by Crippen LogP contribution is 2.37. The van der Waals surface area contributed by atoms with Gasteiger partial charge in [-0.05, 0) is 19.3 Å². The van der Waals surface area contributed by atoms with Gasteiger partial charge in [0, 0.05) is 44.6 Å². The smallest absolute Gasteiger partial charge is 0.223 e. The van der Waals surface area contributed by atoms with Crippen molar-refractivity contribution < 1.29 is 14.3 Å². The van der Waals surface area contributed by atoms with Gasteiger partial charge in [-0.1, -0.05) is 6.92 Å². The van der Waals surface area contributed by atoms with E-state index in [0.717, 1.165) is 32.7 Å². The van der Waals surface area contributed by atoms with E-state index in [1.807, 2.05) is 0 Å². The number of hydrogen-bond acceptors (Lipinski definition) is 4. The maximum atomic E-state index is 11.8. The Balaban J connectivity index is 1.53. The first-order valence-electron chi connectivity index (χ1n) is 7.94. The van der Waals surface area contributed by atoms with Crippen LogP contribution in [0.1, 0.15) is 26.7 Å². The molecule has 3 atom stereocenters. The van der Waals surface area contributed by atoms with Crippen LogP contribution in [0.25, 0.3) is 0 Å². The van der Waals surface area contributed by atoms with Crippen molar-refractivity contribution in [1.82, 2.24) is 15.5 Å². The van der Waals surface area contributed by atoms with Gasteiger partial charge in [-0.3, -0.25) is 14.5 Å². The van der Waals surface area contributed by atoms with Gasteiger partial charge < -0.3 is 15.4 Å². The molecule has 0 spiro atoms. The van der Waals surface area contributed by atoms with Crippen LogP contribution in [-0.4, -0.2) is 62.1 Å². The Bertz CT molecular complexity index is 369. The minimum atomic E-state index is -0.000690. The molecule has 2 rings (SSSR count). The lowest BCUT2D eigenvalue weighted by Crippen LogP contribution is -2.47. The minimum Gasteiger partial charge on any atom is -0.379 e. The van der Waals surface area contributed by atoms with Crippen LogP contribution in [0.15, 0.2) is 0 Å². The van der Waals surface area contributed by atoms with Gasteiger partial charge in [-0.15, -0.1) is 0 Å². The van der Waals surface area contributed by atoms with Gasteiger partial charge in [0.25, 0.3) is 0 Å². The number of morpholine rings is 1. The zero-order chi connectivity index (χ0) is 15.2. The molecule has 2 N–H and O–H groups in total. The molecule has 6 nitrogen and oxygen atoms in total. The summed E-state index contributed by atoms with van der Waals surface area (Å²) in [5, 5.41) is 5.76. The monoisotopic (exact) mass is 297 g/mol. The van der Waals surface area contributed by atoms with Gasteiger partial charge in [0.2, 0.25) is 11.8 Å². The van der Waals surface area contributed by atoms with E-state index in [1.54, 1.807) is 0 Å². The first-order chi connectivity index (χ1) is 10.1. The molecule has 0 bridgehead atoms. The average molecular weight is 297 g/mol. The molecular weight excluding hydrogens is 270 g/mol. The molecular formula is C15H27N3O3. The first-order valence-corrected chi connectivity index (χ1v) is 7.94. The Hall–Kier alpha value is -1.14. The Labute approximate surface area is 126 Å². The lowest BCUT2D eigenvalue weighted by Gasteiger charge is -2.32. The molecule has 1 saturated heterocycles. The number of nitrogens with zero attached hydrogens (tertiary/aromatic N) is 1. The second-order valence-electron chi connectivity index (χ2n) is 6.16. The van der Waals surface area contributed by atoms with Crippen LogP contribution in [0, 0.1) is 11.8 Å². The van der Waals surface area contributed by atoms with Gasteiger partial charge in [0.1, 0.15) is 0 Å². The molecule has 6 heteroatoms. The Kier molecular flexibility index (Phi) is 5.99. The molecule has 1 aliphatic carbocycles. The van der Waals surface area contributed by atoms with Crippen LogP contribution < -0.4 is 10.6 Å². The number of rotatable bonds is 7. The summed E-state index contributed by atoms with van der Waals surface area (Å²) >= 11 is 0. The van der Waals surface area contributed by atoms with Crippen LogP contribution in [0.5, 0.6) is 0 Å². The lowest BCUT2D eigenvalue weighted by molar-refractivity contribution is -0.123. The molecule has 2 aliphatic rings. The third kappa shape index (κ3) is 5.28. The largest absolute Gasteiger partial charge is 0.379 e. The molecule has 1 heterocycles. The molecule has 1 aliphatic heterocycles. The van der Waals surface area contributed by atoms with E-state index in [1.165, 1.54) is 0 Å². The summed E-state index contributed by atoms with van der Waals surface area (Å²) in [5.41, 5.74) is 0. The third-order valence-corrected chi connectivity index (χ3v) is 4.36. The fourth-order valence-electron chi connectivity index (χ4n) is 2.62. The molecule has 120 valence electrons. The van der Waals surface area contributed by atoms with Crippen LogP contribution in [0.3, 0.4) is 0 Å². The summed E-state index contributed by atoms with van der Waals surface area (Å²) in [4.78, 5) is 25.7. The summed E-state index contributed by atoms with van der Waals surface area (Å²) in [7, 11) is 0. The maximum Gasteiger partial charge on any atom is 0.223 e. The number of amides is 2. The van der Waals surface area contributed by atoms with E-state index >= 15 is 0 Å². The molecule has 0 aromatic rings. The first kappa shape index (κ1) is 16.2. The maximum absolute atomic E-state index is 11.8. The zero-order valence-electron chi connectivity index (χ0n) is 13.1. The van der Waals surface area contributed by atoms with Gasteiger partial charge in [-0.25, -0.2) is 0 Å². The lowest BCUT2D eigenvalue weighted by atomic mass is 10.2. The molecule has 0 aromatic heterocycles. The molecule has 2 amide bonds. The second kappa shape index (κ2) is 7.75. The van der Waals surface area contributed by atoms with Crippen molar-refractivity contribution in [3.63, 3.8) is 0 Å². The number of carbonyl (C=O) groups excluding carboxylic acids is 2.